The van der Waals surface area contributed by atoms with Gasteiger partial charge in [-0.1, -0.05) is 47.6 Å². The van der Waals surface area contributed by atoms with Crippen molar-refractivity contribution in [1.82, 2.24) is 9.55 Å². The average Bonchev–Trinajstić information content (AvgIpc) is 2.73. The number of nitrogens with zero attached hydrogens (tertiary/aromatic N) is 3. The number of benzene rings is 3. The minimum atomic E-state index is -0.0631. The standard InChI is InChI=1S/C23H20ClN3OS/c1-26(2)18-11-13-19(14-12-18)27-22(28)20-5-3-4-6-21(20)25-23(27)29-15-16-7-9-17(24)10-8-16/h3-14H,15H2,1-2H3. The molecule has 0 bridgehead atoms. The van der Waals surface area contributed by atoms with E-state index in [0.29, 0.717) is 26.8 Å². The van der Waals surface area contributed by atoms with Crippen molar-refractivity contribution in [2.24, 2.45) is 0 Å². The highest BCUT2D eigenvalue weighted by molar-refractivity contribution is 7.98. The Balaban J connectivity index is 1.79. The second kappa shape index (κ2) is 8.31. The van der Waals surface area contributed by atoms with E-state index >= 15 is 0 Å². The Morgan fingerprint density at radius 1 is 0.966 bits per heavy atom. The van der Waals surface area contributed by atoms with E-state index in [-0.39, 0.29) is 5.56 Å². The molecule has 146 valence electrons. The summed E-state index contributed by atoms with van der Waals surface area (Å²) >= 11 is 7.53. The van der Waals surface area contributed by atoms with Crippen LogP contribution in [0.25, 0.3) is 16.6 Å². The molecule has 3 aromatic carbocycles. The van der Waals surface area contributed by atoms with Crippen molar-refractivity contribution < 1.29 is 0 Å². The van der Waals surface area contributed by atoms with Crippen LogP contribution >= 0.6 is 23.4 Å². The normalized spacial score (nSPS) is 11.0. The zero-order valence-corrected chi connectivity index (χ0v) is 17.7. The first kappa shape index (κ1) is 19.6. The van der Waals surface area contributed by atoms with Crippen molar-refractivity contribution in [2.45, 2.75) is 10.9 Å². The third-order valence-electron chi connectivity index (χ3n) is 4.65. The van der Waals surface area contributed by atoms with Gasteiger partial charge in [-0.3, -0.25) is 9.36 Å². The lowest BCUT2D eigenvalue weighted by molar-refractivity contribution is 0.819. The molecule has 0 N–H and O–H groups in total. The quantitative estimate of drug-likeness (QED) is 0.319. The van der Waals surface area contributed by atoms with E-state index in [9.17, 15) is 4.79 Å². The fraction of sp³-hybridized carbons (Fsp3) is 0.130. The molecule has 0 saturated carbocycles. The molecule has 1 heterocycles. The summed E-state index contributed by atoms with van der Waals surface area (Å²) in [6.07, 6.45) is 0. The Morgan fingerprint density at radius 3 is 2.34 bits per heavy atom. The van der Waals surface area contributed by atoms with Crippen LogP contribution in [0, 0.1) is 0 Å². The number of para-hydroxylation sites is 1. The van der Waals surface area contributed by atoms with Gasteiger partial charge < -0.3 is 4.90 Å². The summed E-state index contributed by atoms with van der Waals surface area (Å²) in [6.45, 7) is 0. The molecule has 0 radical (unpaired) electrons. The molecule has 4 aromatic rings. The maximum absolute atomic E-state index is 13.3. The molecule has 4 nitrogen and oxygen atoms in total. The van der Waals surface area contributed by atoms with Crippen LogP contribution < -0.4 is 10.5 Å². The Kier molecular flexibility index (Phi) is 5.60. The Morgan fingerprint density at radius 2 is 1.66 bits per heavy atom. The number of anilines is 1. The van der Waals surface area contributed by atoms with Crippen LogP contribution in [0.15, 0.2) is 82.7 Å². The van der Waals surface area contributed by atoms with Gasteiger partial charge in [-0.2, -0.15) is 0 Å². The summed E-state index contributed by atoms with van der Waals surface area (Å²) in [7, 11) is 3.98. The highest BCUT2D eigenvalue weighted by Gasteiger charge is 2.13. The third-order valence-corrected chi connectivity index (χ3v) is 5.91. The first-order valence-electron chi connectivity index (χ1n) is 9.20. The van der Waals surface area contributed by atoms with Gasteiger partial charge in [-0.15, -0.1) is 0 Å². The van der Waals surface area contributed by atoms with E-state index in [1.807, 2.05) is 91.8 Å². The van der Waals surface area contributed by atoms with Gasteiger partial charge in [0.15, 0.2) is 5.16 Å². The molecule has 0 saturated heterocycles. The molecule has 29 heavy (non-hydrogen) atoms. The zero-order chi connectivity index (χ0) is 20.4. The minimum Gasteiger partial charge on any atom is -0.378 e. The van der Waals surface area contributed by atoms with Crippen molar-refractivity contribution in [2.75, 3.05) is 19.0 Å². The Hall–Kier alpha value is -2.76. The summed E-state index contributed by atoms with van der Waals surface area (Å²) < 4.78 is 1.70. The van der Waals surface area contributed by atoms with Gasteiger partial charge in [0, 0.05) is 30.6 Å². The number of fused-ring (bicyclic) bond motifs is 1. The number of hydrogen-bond acceptors (Lipinski definition) is 4. The van der Waals surface area contributed by atoms with Crippen LogP contribution in [0.1, 0.15) is 5.56 Å². The van der Waals surface area contributed by atoms with Gasteiger partial charge in [-0.25, -0.2) is 4.98 Å². The van der Waals surface area contributed by atoms with E-state index in [2.05, 4.69) is 0 Å². The largest absolute Gasteiger partial charge is 0.378 e. The van der Waals surface area contributed by atoms with Crippen molar-refractivity contribution in [3.05, 3.63) is 93.7 Å². The van der Waals surface area contributed by atoms with E-state index in [1.54, 1.807) is 4.57 Å². The summed E-state index contributed by atoms with van der Waals surface area (Å²) in [4.78, 5) is 20.1. The molecule has 0 aliphatic heterocycles. The zero-order valence-electron chi connectivity index (χ0n) is 16.2. The van der Waals surface area contributed by atoms with Gasteiger partial charge >= 0.3 is 0 Å². The van der Waals surface area contributed by atoms with Crippen LogP contribution in [0.4, 0.5) is 5.69 Å². The average molecular weight is 422 g/mol. The minimum absolute atomic E-state index is 0.0631. The highest BCUT2D eigenvalue weighted by Crippen LogP contribution is 2.26. The molecular weight excluding hydrogens is 402 g/mol. The van der Waals surface area contributed by atoms with Gasteiger partial charge in [0.05, 0.1) is 16.6 Å². The summed E-state index contributed by atoms with van der Waals surface area (Å²) in [5.41, 5.74) is 3.64. The van der Waals surface area contributed by atoms with Gasteiger partial charge in [-0.05, 0) is 54.1 Å². The van der Waals surface area contributed by atoms with E-state index in [0.717, 1.165) is 16.9 Å². The molecule has 0 amide bonds. The Labute approximate surface area is 178 Å². The van der Waals surface area contributed by atoms with E-state index in [1.165, 1.54) is 11.8 Å². The lowest BCUT2D eigenvalue weighted by atomic mass is 10.2. The van der Waals surface area contributed by atoms with Crippen molar-refractivity contribution in [3.8, 4) is 5.69 Å². The molecule has 0 aliphatic carbocycles. The van der Waals surface area contributed by atoms with Crippen LogP contribution in [0.5, 0.6) is 0 Å². The van der Waals surface area contributed by atoms with Crippen molar-refractivity contribution in [3.63, 3.8) is 0 Å². The van der Waals surface area contributed by atoms with Crippen molar-refractivity contribution >= 4 is 40.0 Å². The first-order valence-corrected chi connectivity index (χ1v) is 10.6. The lowest BCUT2D eigenvalue weighted by Crippen LogP contribution is -2.22. The van der Waals surface area contributed by atoms with Gasteiger partial charge in [0.2, 0.25) is 0 Å². The molecule has 4 rings (SSSR count). The lowest BCUT2D eigenvalue weighted by Gasteiger charge is -2.16. The molecule has 6 heteroatoms. The number of halogens is 1. The van der Waals surface area contributed by atoms with E-state index in [4.69, 9.17) is 16.6 Å². The van der Waals surface area contributed by atoms with Crippen LogP contribution in [0.2, 0.25) is 5.02 Å². The Bertz CT molecular complexity index is 1200. The molecule has 0 aliphatic rings. The van der Waals surface area contributed by atoms with Crippen LogP contribution in [-0.4, -0.2) is 23.6 Å². The topological polar surface area (TPSA) is 38.1 Å². The third kappa shape index (κ3) is 4.16. The van der Waals surface area contributed by atoms with Crippen LogP contribution in [-0.2, 0) is 5.75 Å². The van der Waals surface area contributed by atoms with Crippen LogP contribution in [0.3, 0.4) is 0 Å². The molecule has 0 atom stereocenters. The predicted molar refractivity (Wildman–Crippen MR) is 123 cm³/mol. The second-order valence-corrected chi connectivity index (χ2v) is 8.26. The summed E-state index contributed by atoms with van der Waals surface area (Å²) in [5.74, 6) is 0.692. The predicted octanol–water partition coefficient (Wildman–Crippen LogP) is 5.40. The number of rotatable bonds is 5. The van der Waals surface area contributed by atoms with Gasteiger partial charge in [0.1, 0.15) is 0 Å². The smallest absolute Gasteiger partial charge is 0.266 e. The second-order valence-electron chi connectivity index (χ2n) is 6.88. The number of hydrogen-bond donors (Lipinski definition) is 0. The molecule has 0 spiro atoms. The fourth-order valence-electron chi connectivity index (χ4n) is 3.07. The van der Waals surface area contributed by atoms with Crippen molar-refractivity contribution in [1.29, 1.82) is 0 Å². The molecule has 1 aromatic heterocycles. The highest BCUT2D eigenvalue weighted by atomic mass is 35.5. The summed E-state index contributed by atoms with van der Waals surface area (Å²) in [5, 5.41) is 1.99. The SMILES string of the molecule is CN(C)c1ccc(-n2c(SCc3ccc(Cl)cc3)nc3ccccc3c2=O)cc1. The first-order chi connectivity index (χ1) is 14.0. The van der Waals surface area contributed by atoms with E-state index < -0.39 is 0 Å². The summed E-state index contributed by atoms with van der Waals surface area (Å²) in [6, 6.07) is 23.1. The number of aromatic nitrogens is 2. The maximum Gasteiger partial charge on any atom is 0.266 e. The maximum atomic E-state index is 13.3. The monoisotopic (exact) mass is 421 g/mol. The number of thioether (sulfide) groups is 1. The van der Waals surface area contributed by atoms with Gasteiger partial charge in [0.25, 0.3) is 5.56 Å². The molecular formula is C23H20ClN3OS. The fourth-order valence-corrected chi connectivity index (χ4v) is 4.16. The molecule has 0 fully saturated rings. The molecule has 0 unspecified atom stereocenters.